The number of ether oxygens (including phenoxy) is 2. The number of nitriles is 1. The number of hydrogen-bond donors (Lipinski definition) is 1. The minimum Gasteiger partial charge on any atom is -0.457 e. The van der Waals surface area contributed by atoms with E-state index in [1.54, 1.807) is 18.2 Å². The summed E-state index contributed by atoms with van der Waals surface area (Å²) in [6.45, 7) is 2.51. The molecule has 2 aromatic carbocycles. The molecule has 0 bridgehead atoms. The molecule has 0 spiro atoms. The van der Waals surface area contributed by atoms with Crippen LogP contribution in [0.3, 0.4) is 0 Å². The maximum atomic E-state index is 9.04. The molecule has 7 heteroatoms. The first kappa shape index (κ1) is 17.2. The summed E-state index contributed by atoms with van der Waals surface area (Å²) in [4.78, 5) is 8.63. The molecule has 0 aliphatic carbocycles. The molecule has 0 amide bonds. The number of nitrogen functional groups attached to an aromatic ring is 1. The lowest BCUT2D eigenvalue weighted by Crippen LogP contribution is -2.03. The van der Waals surface area contributed by atoms with Crippen LogP contribution < -0.4 is 10.5 Å². The second-order valence-electron chi connectivity index (χ2n) is 6.84. The van der Waals surface area contributed by atoms with Crippen LogP contribution in [0, 0.1) is 11.3 Å². The summed E-state index contributed by atoms with van der Waals surface area (Å²) in [5.41, 5.74) is 11.4. The third-order valence-electron chi connectivity index (χ3n) is 5.08. The summed E-state index contributed by atoms with van der Waals surface area (Å²) < 4.78 is 13.8. The third kappa shape index (κ3) is 2.78. The van der Waals surface area contributed by atoms with Crippen LogP contribution in [-0.4, -0.2) is 14.5 Å². The van der Waals surface area contributed by atoms with Crippen LogP contribution in [0.25, 0.3) is 16.7 Å². The van der Waals surface area contributed by atoms with Crippen molar-refractivity contribution in [2.24, 2.45) is 0 Å². The Morgan fingerprint density at radius 2 is 2.00 bits per heavy atom. The fourth-order valence-electron chi connectivity index (χ4n) is 3.77. The Labute approximate surface area is 166 Å². The normalized spacial score (nSPS) is 15.2. The molecule has 142 valence electrons. The van der Waals surface area contributed by atoms with Gasteiger partial charge in [-0.05, 0) is 49.4 Å². The van der Waals surface area contributed by atoms with Gasteiger partial charge in [-0.2, -0.15) is 5.26 Å². The van der Waals surface area contributed by atoms with Gasteiger partial charge in [0, 0.05) is 11.3 Å². The Balaban J connectivity index is 1.56. The van der Waals surface area contributed by atoms with E-state index in [0.717, 1.165) is 28.0 Å². The van der Waals surface area contributed by atoms with Crippen LogP contribution in [0.15, 0.2) is 54.9 Å². The van der Waals surface area contributed by atoms with Crippen molar-refractivity contribution in [3.05, 3.63) is 71.7 Å². The molecular weight excluding hydrogens is 366 g/mol. The summed E-state index contributed by atoms with van der Waals surface area (Å²) in [6, 6.07) is 16.8. The van der Waals surface area contributed by atoms with Crippen molar-refractivity contribution in [2.45, 2.75) is 19.6 Å². The molecule has 0 saturated heterocycles. The number of nitrogens with zero attached hydrogens (tertiary/aromatic N) is 4. The molecule has 1 atom stereocenters. The van der Waals surface area contributed by atoms with Crippen LogP contribution in [0.4, 0.5) is 5.82 Å². The van der Waals surface area contributed by atoms with Gasteiger partial charge < -0.3 is 19.8 Å². The van der Waals surface area contributed by atoms with Crippen LogP contribution >= 0.6 is 0 Å². The van der Waals surface area contributed by atoms with Gasteiger partial charge in [0.2, 0.25) is 0 Å². The van der Waals surface area contributed by atoms with E-state index < -0.39 is 0 Å². The minimum atomic E-state index is -0.0435. The summed E-state index contributed by atoms with van der Waals surface area (Å²) >= 11 is 0. The van der Waals surface area contributed by atoms with Gasteiger partial charge in [-0.15, -0.1) is 0 Å². The number of rotatable bonds is 3. The fourth-order valence-corrected chi connectivity index (χ4v) is 3.77. The van der Waals surface area contributed by atoms with Gasteiger partial charge in [0.1, 0.15) is 28.9 Å². The molecule has 29 heavy (non-hydrogen) atoms. The quantitative estimate of drug-likeness (QED) is 0.567. The topological polar surface area (TPSA) is 99.0 Å². The average molecular weight is 383 g/mol. The monoisotopic (exact) mass is 383 g/mol. The standard InChI is InChI=1S/C22H17N5O2/c1-13-19-18(11-28-13)27(21-20(19)25-12-26-22(21)24)15-5-7-16(8-6-15)29-17-4-2-3-14(9-17)10-23/h2-9,12-13H,11H2,1H3,(H2,24,25,26). The molecule has 3 heterocycles. The Bertz CT molecular complexity index is 1270. The summed E-state index contributed by atoms with van der Waals surface area (Å²) in [5, 5.41) is 9.04. The van der Waals surface area contributed by atoms with E-state index in [4.69, 9.17) is 20.5 Å². The Hall–Kier alpha value is -3.89. The largest absolute Gasteiger partial charge is 0.457 e. The maximum absolute atomic E-state index is 9.04. The molecule has 2 N–H and O–H groups in total. The highest BCUT2D eigenvalue weighted by Crippen LogP contribution is 2.40. The predicted molar refractivity (Wildman–Crippen MR) is 108 cm³/mol. The van der Waals surface area contributed by atoms with E-state index >= 15 is 0 Å². The first-order chi connectivity index (χ1) is 14.2. The molecule has 0 fully saturated rings. The highest BCUT2D eigenvalue weighted by Gasteiger charge is 2.30. The molecule has 5 rings (SSSR count). The molecule has 1 aliphatic rings. The number of aromatic nitrogens is 3. The highest BCUT2D eigenvalue weighted by molar-refractivity contribution is 5.91. The first-order valence-electron chi connectivity index (χ1n) is 9.19. The van der Waals surface area contributed by atoms with Crippen molar-refractivity contribution in [3.8, 4) is 23.3 Å². The van der Waals surface area contributed by atoms with Gasteiger partial charge in [0.05, 0.1) is 30.0 Å². The van der Waals surface area contributed by atoms with Crippen molar-refractivity contribution in [1.29, 1.82) is 5.26 Å². The van der Waals surface area contributed by atoms with E-state index in [0.29, 0.717) is 29.5 Å². The molecule has 0 radical (unpaired) electrons. The maximum Gasteiger partial charge on any atom is 0.151 e. The number of hydrogen-bond acceptors (Lipinski definition) is 6. The zero-order chi connectivity index (χ0) is 20.0. The van der Waals surface area contributed by atoms with Gasteiger partial charge in [-0.25, -0.2) is 9.97 Å². The lowest BCUT2D eigenvalue weighted by molar-refractivity contribution is 0.0783. The molecule has 4 aromatic rings. The molecule has 0 saturated carbocycles. The predicted octanol–water partition coefficient (Wildman–Crippen LogP) is 4.26. The van der Waals surface area contributed by atoms with Crippen molar-refractivity contribution in [2.75, 3.05) is 5.73 Å². The number of benzene rings is 2. The van der Waals surface area contributed by atoms with E-state index in [-0.39, 0.29) is 6.10 Å². The van der Waals surface area contributed by atoms with Crippen LogP contribution in [0.1, 0.15) is 29.8 Å². The van der Waals surface area contributed by atoms with Crippen molar-refractivity contribution in [1.82, 2.24) is 14.5 Å². The van der Waals surface area contributed by atoms with Crippen molar-refractivity contribution >= 4 is 16.9 Å². The summed E-state index contributed by atoms with van der Waals surface area (Å²) in [7, 11) is 0. The van der Waals surface area contributed by atoms with Gasteiger partial charge in [-0.1, -0.05) is 6.07 Å². The van der Waals surface area contributed by atoms with E-state index in [1.165, 1.54) is 6.33 Å². The minimum absolute atomic E-state index is 0.0435. The Morgan fingerprint density at radius 3 is 2.79 bits per heavy atom. The second kappa shape index (κ2) is 6.62. The highest BCUT2D eigenvalue weighted by atomic mass is 16.5. The number of fused-ring (bicyclic) bond motifs is 3. The second-order valence-corrected chi connectivity index (χ2v) is 6.84. The molecule has 2 aromatic heterocycles. The zero-order valence-corrected chi connectivity index (χ0v) is 15.7. The number of nitrogens with two attached hydrogens (primary N) is 1. The van der Waals surface area contributed by atoms with E-state index in [1.807, 2.05) is 37.3 Å². The Morgan fingerprint density at radius 1 is 1.17 bits per heavy atom. The van der Waals surface area contributed by atoms with E-state index in [9.17, 15) is 0 Å². The zero-order valence-electron chi connectivity index (χ0n) is 15.7. The van der Waals surface area contributed by atoms with Crippen molar-refractivity contribution < 1.29 is 9.47 Å². The fraction of sp³-hybridized carbons (Fsp3) is 0.136. The smallest absolute Gasteiger partial charge is 0.151 e. The van der Waals surface area contributed by atoms with Gasteiger partial charge >= 0.3 is 0 Å². The molecule has 1 aliphatic heterocycles. The molecule has 7 nitrogen and oxygen atoms in total. The van der Waals surface area contributed by atoms with E-state index in [2.05, 4.69) is 20.6 Å². The van der Waals surface area contributed by atoms with Crippen molar-refractivity contribution in [3.63, 3.8) is 0 Å². The number of anilines is 1. The van der Waals surface area contributed by atoms with Crippen LogP contribution in [0.2, 0.25) is 0 Å². The molecular formula is C22H17N5O2. The third-order valence-corrected chi connectivity index (χ3v) is 5.08. The van der Waals surface area contributed by atoms with Crippen LogP contribution in [0.5, 0.6) is 11.5 Å². The first-order valence-corrected chi connectivity index (χ1v) is 9.19. The lowest BCUT2D eigenvalue weighted by atomic mass is 10.1. The lowest BCUT2D eigenvalue weighted by Gasteiger charge is -2.12. The van der Waals surface area contributed by atoms with Crippen LogP contribution in [-0.2, 0) is 11.3 Å². The SMILES string of the molecule is CC1OCc2c1c1ncnc(N)c1n2-c1ccc(Oc2cccc(C#N)c2)cc1. The Kier molecular flexibility index (Phi) is 3.93. The molecule has 1 unspecified atom stereocenters. The van der Waals surface area contributed by atoms with Gasteiger partial charge in [0.25, 0.3) is 0 Å². The van der Waals surface area contributed by atoms with Gasteiger partial charge in [0.15, 0.2) is 5.82 Å². The summed E-state index contributed by atoms with van der Waals surface area (Å²) in [6.07, 6.45) is 1.44. The van der Waals surface area contributed by atoms with Gasteiger partial charge in [-0.3, -0.25) is 0 Å². The summed E-state index contributed by atoms with van der Waals surface area (Å²) in [5.74, 6) is 1.72. The average Bonchev–Trinajstić information content (AvgIpc) is 3.28.